The van der Waals surface area contributed by atoms with Crippen molar-refractivity contribution in [2.75, 3.05) is 7.11 Å². The number of methoxy groups -OCH3 is 1. The van der Waals surface area contributed by atoms with Crippen molar-refractivity contribution >= 4 is 35.1 Å². The first kappa shape index (κ1) is 25.6. The standard InChI is InChI=1S/C29H32ClNO3S/c1-16-11-17(2)22(12-19(16)15-35-21-9-7-20(30)8-10-21)26-25(28(33)34-6)18(3)31-23-13-29(4,5)14-24(32)27(23)26/h7-12,26,31H,13-15H2,1-6H3. The largest absolute Gasteiger partial charge is 0.466 e. The molecule has 0 fully saturated rings. The molecule has 0 spiro atoms. The van der Waals surface area contributed by atoms with E-state index >= 15 is 0 Å². The second-order valence-corrected chi connectivity index (χ2v) is 11.8. The SMILES string of the molecule is COC(=O)C1=C(C)NC2=C(C(=O)CC(C)(C)C2)C1c1cc(CSc2ccc(Cl)cc2)c(C)cc1C. The average molecular weight is 510 g/mol. The van der Waals surface area contributed by atoms with Crippen molar-refractivity contribution in [3.63, 3.8) is 0 Å². The van der Waals surface area contributed by atoms with E-state index in [0.717, 1.165) is 44.6 Å². The summed E-state index contributed by atoms with van der Waals surface area (Å²) in [5.41, 5.74) is 7.20. The van der Waals surface area contributed by atoms with Gasteiger partial charge in [-0.3, -0.25) is 4.79 Å². The Morgan fingerprint density at radius 1 is 1.11 bits per heavy atom. The fourth-order valence-corrected chi connectivity index (χ4v) is 6.29. The molecule has 2 aromatic carbocycles. The first-order chi connectivity index (χ1) is 16.5. The number of Topliss-reactive ketones (excluding diaryl/α,β-unsaturated/α-hetero) is 1. The predicted molar refractivity (Wildman–Crippen MR) is 143 cm³/mol. The molecule has 1 aliphatic heterocycles. The lowest BCUT2D eigenvalue weighted by Crippen LogP contribution is -2.38. The van der Waals surface area contributed by atoms with Gasteiger partial charge in [0.1, 0.15) is 0 Å². The second kappa shape index (κ2) is 9.87. The van der Waals surface area contributed by atoms with Crippen LogP contribution < -0.4 is 5.32 Å². The number of thioether (sulfide) groups is 1. The molecule has 1 unspecified atom stereocenters. The van der Waals surface area contributed by atoms with E-state index in [1.165, 1.54) is 18.2 Å². The van der Waals surface area contributed by atoms with E-state index in [-0.39, 0.29) is 11.2 Å². The van der Waals surface area contributed by atoms with Crippen molar-refractivity contribution in [1.29, 1.82) is 0 Å². The fraction of sp³-hybridized carbons (Fsp3) is 0.379. The van der Waals surface area contributed by atoms with Crippen LogP contribution in [0, 0.1) is 19.3 Å². The highest BCUT2D eigenvalue weighted by molar-refractivity contribution is 7.98. The van der Waals surface area contributed by atoms with Crippen LogP contribution in [0.3, 0.4) is 0 Å². The minimum absolute atomic E-state index is 0.0970. The van der Waals surface area contributed by atoms with Crippen LogP contribution in [0.4, 0.5) is 0 Å². The highest BCUT2D eigenvalue weighted by Gasteiger charge is 2.43. The minimum Gasteiger partial charge on any atom is -0.466 e. The minimum atomic E-state index is -0.442. The summed E-state index contributed by atoms with van der Waals surface area (Å²) in [5.74, 6) is 0.0256. The normalized spacial score (nSPS) is 19.4. The van der Waals surface area contributed by atoms with E-state index in [9.17, 15) is 9.59 Å². The van der Waals surface area contributed by atoms with Gasteiger partial charge in [0.05, 0.1) is 12.7 Å². The van der Waals surface area contributed by atoms with Gasteiger partial charge in [-0.05, 0) is 79.1 Å². The van der Waals surface area contributed by atoms with E-state index in [1.54, 1.807) is 11.8 Å². The van der Waals surface area contributed by atoms with E-state index in [2.05, 4.69) is 45.1 Å². The number of hydrogen-bond donors (Lipinski definition) is 1. The number of halogens is 1. The molecule has 1 aliphatic carbocycles. The number of rotatable bonds is 5. The maximum atomic E-state index is 13.5. The highest BCUT2D eigenvalue weighted by atomic mass is 35.5. The Balaban J connectivity index is 1.81. The van der Waals surface area contributed by atoms with Crippen LogP contribution in [-0.4, -0.2) is 18.9 Å². The van der Waals surface area contributed by atoms with E-state index < -0.39 is 11.9 Å². The lowest BCUT2D eigenvalue weighted by molar-refractivity contribution is -0.136. The van der Waals surface area contributed by atoms with E-state index in [1.807, 2.05) is 31.2 Å². The lowest BCUT2D eigenvalue weighted by atomic mass is 9.68. The van der Waals surface area contributed by atoms with Crippen molar-refractivity contribution < 1.29 is 14.3 Å². The van der Waals surface area contributed by atoms with Crippen LogP contribution in [0.1, 0.15) is 61.8 Å². The number of carbonyl (C=O) groups excluding carboxylic acids is 2. The quantitative estimate of drug-likeness (QED) is 0.346. The zero-order chi connectivity index (χ0) is 25.5. The van der Waals surface area contributed by atoms with Crippen LogP contribution in [0.5, 0.6) is 0 Å². The molecule has 1 atom stereocenters. The molecule has 0 aromatic heterocycles. The molecule has 0 bridgehead atoms. The Kier molecular flexibility index (Phi) is 7.21. The number of ether oxygens (including phenoxy) is 1. The van der Waals surface area contributed by atoms with Crippen molar-refractivity contribution in [3.05, 3.63) is 86.2 Å². The fourth-order valence-electron chi connectivity index (χ4n) is 5.20. The summed E-state index contributed by atoms with van der Waals surface area (Å²) in [4.78, 5) is 27.6. The molecule has 35 heavy (non-hydrogen) atoms. The molecule has 2 aromatic rings. The number of ketones is 1. The number of hydrogen-bond acceptors (Lipinski definition) is 5. The summed E-state index contributed by atoms with van der Waals surface area (Å²) in [7, 11) is 1.39. The zero-order valence-corrected chi connectivity index (χ0v) is 22.7. The van der Waals surface area contributed by atoms with Crippen LogP contribution >= 0.6 is 23.4 Å². The molecule has 1 N–H and O–H groups in total. The number of allylic oxidation sites excluding steroid dienone is 3. The molecular weight excluding hydrogens is 478 g/mol. The maximum Gasteiger partial charge on any atom is 0.336 e. The summed E-state index contributed by atoms with van der Waals surface area (Å²) < 4.78 is 5.19. The van der Waals surface area contributed by atoms with E-state index in [0.29, 0.717) is 17.6 Å². The molecule has 2 aliphatic rings. The lowest BCUT2D eigenvalue weighted by Gasteiger charge is -2.39. The summed E-state index contributed by atoms with van der Waals surface area (Å²) in [6.07, 6.45) is 1.22. The number of carbonyl (C=O) groups is 2. The molecule has 1 heterocycles. The van der Waals surface area contributed by atoms with E-state index in [4.69, 9.17) is 16.3 Å². The van der Waals surface area contributed by atoms with Crippen LogP contribution in [0.15, 0.2) is 63.8 Å². The first-order valence-electron chi connectivity index (χ1n) is 11.8. The summed E-state index contributed by atoms with van der Waals surface area (Å²) in [6, 6.07) is 12.2. The predicted octanol–water partition coefficient (Wildman–Crippen LogP) is 7.03. The van der Waals surface area contributed by atoms with Crippen LogP contribution in [0.2, 0.25) is 5.02 Å². The van der Waals surface area contributed by atoms with Gasteiger partial charge in [-0.1, -0.05) is 37.6 Å². The Morgan fingerprint density at radius 3 is 2.46 bits per heavy atom. The Bertz CT molecular complexity index is 1260. The molecule has 0 saturated heterocycles. The number of benzene rings is 2. The monoisotopic (exact) mass is 509 g/mol. The number of aryl methyl sites for hydroxylation is 2. The summed E-state index contributed by atoms with van der Waals surface area (Å²) in [5, 5.41) is 4.11. The van der Waals surface area contributed by atoms with Gasteiger partial charge in [0, 0.05) is 45.0 Å². The Morgan fingerprint density at radius 2 is 1.80 bits per heavy atom. The molecule has 4 rings (SSSR count). The molecular formula is C29H32ClNO3S. The highest BCUT2D eigenvalue weighted by Crippen LogP contribution is 2.48. The van der Waals surface area contributed by atoms with Gasteiger partial charge in [-0.15, -0.1) is 11.8 Å². The third-order valence-corrected chi connectivity index (χ3v) is 8.20. The smallest absolute Gasteiger partial charge is 0.336 e. The molecule has 0 radical (unpaired) electrons. The third-order valence-electron chi connectivity index (χ3n) is 6.89. The van der Waals surface area contributed by atoms with Gasteiger partial charge >= 0.3 is 5.97 Å². The third kappa shape index (κ3) is 5.22. The van der Waals surface area contributed by atoms with Gasteiger partial charge in [0.25, 0.3) is 0 Å². The number of esters is 1. The second-order valence-electron chi connectivity index (χ2n) is 10.3. The van der Waals surface area contributed by atoms with Gasteiger partial charge in [-0.2, -0.15) is 0 Å². The van der Waals surface area contributed by atoms with Crippen molar-refractivity contribution in [1.82, 2.24) is 5.32 Å². The first-order valence-corrected chi connectivity index (χ1v) is 13.2. The Labute approximate surface area is 217 Å². The van der Waals surface area contributed by atoms with Crippen LogP contribution in [-0.2, 0) is 20.1 Å². The molecule has 0 amide bonds. The summed E-state index contributed by atoms with van der Waals surface area (Å²) >= 11 is 7.78. The maximum absolute atomic E-state index is 13.5. The average Bonchev–Trinajstić information content (AvgIpc) is 2.77. The number of dihydropyridines is 1. The molecule has 6 heteroatoms. The van der Waals surface area contributed by atoms with Gasteiger partial charge < -0.3 is 10.1 Å². The van der Waals surface area contributed by atoms with Gasteiger partial charge in [0.15, 0.2) is 5.78 Å². The van der Waals surface area contributed by atoms with Crippen molar-refractivity contribution in [3.8, 4) is 0 Å². The van der Waals surface area contributed by atoms with Crippen LogP contribution in [0.25, 0.3) is 0 Å². The van der Waals surface area contributed by atoms with Gasteiger partial charge in [-0.25, -0.2) is 4.79 Å². The molecule has 0 saturated carbocycles. The molecule has 184 valence electrons. The van der Waals surface area contributed by atoms with Crippen molar-refractivity contribution in [2.45, 2.75) is 64.0 Å². The van der Waals surface area contributed by atoms with Crippen molar-refractivity contribution in [2.24, 2.45) is 5.41 Å². The molecule has 4 nitrogen and oxygen atoms in total. The Hall–Kier alpha value is -2.50. The summed E-state index contributed by atoms with van der Waals surface area (Å²) in [6.45, 7) is 10.3. The number of nitrogens with one attached hydrogen (secondary N) is 1. The topological polar surface area (TPSA) is 55.4 Å². The van der Waals surface area contributed by atoms with Gasteiger partial charge in [0.2, 0.25) is 0 Å². The zero-order valence-electron chi connectivity index (χ0n) is 21.2.